The molecule has 2 rings (SSSR count). The number of hydrogen-bond donors (Lipinski definition) is 0. The predicted octanol–water partition coefficient (Wildman–Crippen LogP) is -1.22. The van der Waals surface area contributed by atoms with Gasteiger partial charge in [-0.2, -0.15) is 25.7 Å². The molecule has 6 heteroatoms. The van der Waals surface area contributed by atoms with Crippen molar-refractivity contribution < 1.29 is 70.4 Å². The third-order valence-electron chi connectivity index (χ3n) is 1.95. The van der Waals surface area contributed by atoms with Gasteiger partial charge in [-0.1, -0.05) is 0 Å². The number of carbonyl (C=O) groups excluding carboxylic acids is 2. The summed E-state index contributed by atoms with van der Waals surface area (Å²) < 4.78 is 8.80. The Kier molecular flexibility index (Phi) is 10.9. The van der Waals surface area contributed by atoms with E-state index in [1.807, 2.05) is 0 Å². The summed E-state index contributed by atoms with van der Waals surface area (Å²) in [6.07, 6.45) is 3.80. The normalized spacial score (nSPS) is 14.4. The van der Waals surface area contributed by atoms with Crippen LogP contribution in [0.1, 0.15) is 25.7 Å². The van der Waals surface area contributed by atoms with Crippen LogP contribution in [-0.4, -0.2) is 26.2 Å². The molecule has 2 saturated carbocycles. The first kappa shape index (κ1) is 18.6. The summed E-state index contributed by atoms with van der Waals surface area (Å²) in [7, 11) is 2.82. The van der Waals surface area contributed by atoms with Crippen molar-refractivity contribution in [3.05, 3.63) is 18.0 Å². The van der Waals surface area contributed by atoms with E-state index in [4.69, 9.17) is 0 Å². The molecule has 0 spiro atoms. The van der Waals surface area contributed by atoms with E-state index in [1.54, 1.807) is 0 Å². The molecule has 2 N–H and O–H groups in total. The number of methoxy groups -OCH3 is 2. The van der Waals surface area contributed by atoms with Crippen LogP contribution in [0.15, 0.2) is 0 Å². The van der Waals surface area contributed by atoms with Gasteiger partial charge in [0.1, 0.15) is 0 Å². The maximum absolute atomic E-state index is 10.3. The van der Waals surface area contributed by atoms with Crippen molar-refractivity contribution in [2.75, 3.05) is 14.2 Å². The molecule has 0 saturated heterocycles. The quantitative estimate of drug-likeness (QED) is 0.350. The minimum Gasteiger partial charge on any atom is -0.693 e. The van der Waals surface area contributed by atoms with Crippen molar-refractivity contribution >= 4 is 11.9 Å². The molecule has 5 nitrogen and oxygen atoms in total. The van der Waals surface area contributed by atoms with Crippen molar-refractivity contribution in [3.63, 3.8) is 0 Å². The van der Waals surface area contributed by atoms with Crippen LogP contribution < -0.4 is 51.4 Å². The molecule has 0 unspecified atom stereocenters. The molecular formula is C10H16KNO4-2. The second-order valence-corrected chi connectivity index (χ2v) is 3.19. The number of carbonyl (C=O) groups is 2. The zero-order chi connectivity index (χ0) is 10.6. The minimum atomic E-state index is -0.125. The Balaban J connectivity index is 0. The average Bonchev–Trinajstić information content (AvgIpc) is 3.07. The molecule has 0 bridgehead atoms. The van der Waals surface area contributed by atoms with E-state index in [-0.39, 0.29) is 69.5 Å². The van der Waals surface area contributed by atoms with Crippen LogP contribution >= 0.6 is 0 Å². The second-order valence-electron chi connectivity index (χ2n) is 3.19. The van der Waals surface area contributed by atoms with E-state index >= 15 is 0 Å². The predicted molar refractivity (Wildman–Crippen MR) is 54.3 cm³/mol. The van der Waals surface area contributed by atoms with Gasteiger partial charge in [0.05, 0.1) is 14.2 Å². The molecule has 0 aromatic carbocycles. The van der Waals surface area contributed by atoms with Crippen molar-refractivity contribution in [1.82, 2.24) is 0 Å². The molecule has 16 heavy (non-hydrogen) atoms. The van der Waals surface area contributed by atoms with Crippen LogP contribution in [0.2, 0.25) is 0 Å². The number of hydrogen-bond acceptors (Lipinski definition) is 4. The zero-order valence-electron chi connectivity index (χ0n) is 10.0. The van der Waals surface area contributed by atoms with Gasteiger partial charge >= 0.3 is 51.4 Å². The van der Waals surface area contributed by atoms with Crippen LogP contribution in [0.3, 0.4) is 0 Å². The largest absolute Gasteiger partial charge is 1.00 e. The van der Waals surface area contributed by atoms with Crippen LogP contribution in [0, 0.1) is 11.8 Å². The zero-order valence-corrected chi connectivity index (χ0v) is 13.2. The maximum atomic E-state index is 10.3. The Morgan fingerprint density at radius 1 is 0.875 bits per heavy atom. The van der Waals surface area contributed by atoms with Gasteiger partial charge in [-0.3, -0.25) is 21.4 Å². The van der Waals surface area contributed by atoms with Crippen molar-refractivity contribution in [3.8, 4) is 0 Å². The van der Waals surface area contributed by atoms with Gasteiger partial charge in [-0.05, 0) is 0 Å². The number of rotatable bonds is 2. The standard InChI is InChI=1S/2C5H7O2.K.H2N/c2*1-7-5(6)4-2-3-4;;/h2*2-3H2,1H3;;1H2/q2*-1;+1;-1. The van der Waals surface area contributed by atoms with Gasteiger partial charge in [0, 0.05) is 0 Å². The third-order valence-corrected chi connectivity index (χ3v) is 1.95. The molecule has 2 fully saturated rings. The Bertz CT molecular complexity index is 203. The minimum absolute atomic E-state index is 0. The first-order chi connectivity index (χ1) is 6.69. The average molecular weight is 253 g/mol. The van der Waals surface area contributed by atoms with Crippen molar-refractivity contribution in [1.29, 1.82) is 0 Å². The molecule has 0 radical (unpaired) electrons. The van der Waals surface area contributed by atoms with Crippen molar-refractivity contribution in [2.45, 2.75) is 25.7 Å². The van der Waals surface area contributed by atoms with E-state index in [2.05, 4.69) is 9.47 Å². The topological polar surface area (TPSA) is 86.1 Å². The first-order valence-corrected chi connectivity index (χ1v) is 4.55. The SMILES string of the molecule is COC(=O)[C-]1CC1.COC(=O)[C-]1CC1.[K+].[NH2-]. The molecule has 0 aromatic rings. The molecule has 0 aliphatic heterocycles. The Morgan fingerprint density at radius 3 is 1.19 bits per heavy atom. The van der Waals surface area contributed by atoms with E-state index in [9.17, 15) is 9.59 Å². The number of nitrogens with two attached hydrogens (primary N) is 1. The Hall–Kier alpha value is 0.276. The van der Waals surface area contributed by atoms with Gasteiger partial charge in [-0.25, -0.2) is 0 Å². The van der Waals surface area contributed by atoms with Gasteiger partial charge < -0.3 is 15.6 Å². The fourth-order valence-corrected chi connectivity index (χ4v) is 0.822. The summed E-state index contributed by atoms with van der Waals surface area (Å²) in [4.78, 5) is 20.6. The van der Waals surface area contributed by atoms with E-state index in [0.717, 1.165) is 37.5 Å². The maximum Gasteiger partial charge on any atom is 1.00 e. The van der Waals surface area contributed by atoms with Crippen LogP contribution in [0.4, 0.5) is 0 Å². The Labute approximate surface area is 139 Å². The van der Waals surface area contributed by atoms with E-state index in [0.29, 0.717) is 0 Å². The fourth-order valence-electron chi connectivity index (χ4n) is 0.822. The molecule has 88 valence electrons. The van der Waals surface area contributed by atoms with Gasteiger partial charge in [0.2, 0.25) is 0 Å². The van der Waals surface area contributed by atoms with Crippen molar-refractivity contribution in [2.24, 2.45) is 0 Å². The van der Waals surface area contributed by atoms with Crippen LogP contribution in [-0.2, 0) is 19.1 Å². The number of ether oxygens (including phenoxy) is 2. The Morgan fingerprint density at radius 2 is 1.12 bits per heavy atom. The van der Waals surface area contributed by atoms with Gasteiger partial charge in [0.15, 0.2) is 11.9 Å². The monoisotopic (exact) mass is 253 g/mol. The summed E-state index contributed by atoms with van der Waals surface area (Å²) >= 11 is 0. The summed E-state index contributed by atoms with van der Waals surface area (Å²) in [6, 6.07) is 0. The molecule has 2 aliphatic carbocycles. The first-order valence-electron chi connectivity index (χ1n) is 4.55. The number of esters is 2. The summed E-state index contributed by atoms with van der Waals surface area (Å²) in [5.74, 6) is 1.62. The fraction of sp³-hybridized carbons (Fsp3) is 0.600. The molecule has 0 amide bonds. The molecule has 0 aromatic heterocycles. The van der Waals surface area contributed by atoms with Crippen LogP contribution in [0.25, 0.3) is 6.15 Å². The second kappa shape index (κ2) is 9.32. The summed E-state index contributed by atoms with van der Waals surface area (Å²) in [5, 5.41) is 0. The third kappa shape index (κ3) is 7.53. The smallest absolute Gasteiger partial charge is 0.693 e. The summed E-state index contributed by atoms with van der Waals surface area (Å²) in [5.41, 5.74) is 0. The van der Waals surface area contributed by atoms with Gasteiger partial charge in [-0.15, -0.1) is 0 Å². The van der Waals surface area contributed by atoms with E-state index in [1.165, 1.54) is 14.2 Å². The van der Waals surface area contributed by atoms with Crippen LogP contribution in [0.5, 0.6) is 0 Å². The molecule has 0 heterocycles. The molecule has 2 aliphatic rings. The van der Waals surface area contributed by atoms with Gasteiger partial charge in [0.25, 0.3) is 0 Å². The molecular weight excluding hydrogens is 237 g/mol. The van der Waals surface area contributed by atoms with E-state index < -0.39 is 0 Å². The summed E-state index contributed by atoms with van der Waals surface area (Å²) in [6.45, 7) is 0. The molecule has 0 atom stereocenters.